The summed E-state index contributed by atoms with van der Waals surface area (Å²) in [5.74, 6) is 0.242. The Balaban J connectivity index is 2.02. The van der Waals surface area contributed by atoms with Crippen LogP contribution in [0.5, 0.6) is 0 Å². The number of carbonyl (C=O) groups is 1. The van der Waals surface area contributed by atoms with Crippen LogP contribution < -0.4 is 0 Å². The van der Waals surface area contributed by atoms with Gasteiger partial charge in [0.2, 0.25) is 0 Å². The SMILES string of the molecule is C[C@]12CCC(=O)[C@@H]3O[C@@]31CC[C@@H]2O. The smallest absolute Gasteiger partial charge is 0.164 e. The van der Waals surface area contributed by atoms with Gasteiger partial charge in [0.15, 0.2) is 5.78 Å². The fourth-order valence-electron chi connectivity index (χ4n) is 3.26. The average Bonchev–Trinajstić information content (AvgIpc) is 2.80. The van der Waals surface area contributed by atoms with E-state index in [9.17, 15) is 9.90 Å². The van der Waals surface area contributed by atoms with Crippen molar-refractivity contribution in [2.24, 2.45) is 5.41 Å². The summed E-state index contributed by atoms with van der Waals surface area (Å²) < 4.78 is 5.57. The summed E-state index contributed by atoms with van der Waals surface area (Å²) in [7, 11) is 0. The summed E-state index contributed by atoms with van der Waals surface area (Å²) in [6, 6.07) is 0. The van der Waals surface area contributed by atoms with Crippen LogP contribution in [0.3, 0.4) is 0 Å². The first-order valence-electron chi connectivity index (χ1n) is 4.99. The second-order valence-corrected chi connectivity index (χ2v) is 4.83. The third-order valence-corrected chi connectivity index (χ3v) is 4.37. The molecule has 3 heteroatoms. The molecule has 1 heterocycles. The number of aliphatic hydroxyl groups excluding tert-OH is 1. The van der Waals surface area contributed by atoms with Gasteiger partial charge in [-0.1, -0.05) is 6.92 Å². The number of carbonyl (C=O) groups excluding carboxylic acids is 1. The van der Waals surface area contributed by atoms with Crippen molar-refractivity contribution < 1.29 is 14.6 Å². The van der Waals surface area contributed by atoms with Gasteiger partial charge in [0.25, 0.3) is 0 Å². The Kier molecular flexibility index (Phi) is 1.21. The Morgan fingerprint density at radius 2 is 2.31 bits per heavy atom. The molecule has 4 atom stereocenters. The van der Waals surface area contributed by atoms with Crippen LogP contribution in [-0.4, -0.2) is 28.7 Å². The molecule has 2 saturated carbocycles. The Bertz CT molecular complexity index is 288. The Morgan fingerprint density at radius 3 is 3.08 bits per heavy atom. The van der Waals surface area contributed by atoms with Crippen LogP contribution in [0.2, 0.25) is 0 Å². The molecule has 2 aliphatic carbocycles. The first-order chi connectivity index (χ1) is 6.10. The van der Waals surface area contributed by atoms with Crippen molar-refractivity contribution in [3.63, 3.8) is 0 Å². The lowest BCUT2D eigenvalue weighted by molar-refractivity contribution is -0.122. The van der Waals surface area contributed by atoms with Crippen LogP contribution in [0, 0.1) is 5.41 Å². The minimum Gasteiger partial charge on any atom is -0.392 e. The lowest BCUT2D eigenvalue weighted by atomic mass is 9.68. The van der Waals surface area contributed by atoms with Gasteiger partial charge >= 0.3 is 0 Å². The molecule has 1 saturated heterocycles. The third-order valence-electron chi connectivity index (χ3n) is 4.37. The molecule has 3 fully saturated rings. The van der Waals surface area contributed by atoms with Crippen molar-refractivity contribution in [2.75, 3.05) is 0 Å². The quantitative estimate of drug-likeness (QED) is 0.559. The second-order valence-electron chi connectivity index (χ2n) is 4.83. The topological polar surface area (TPSA) is 49.8 Å². The van der Waals surface area contributed by atoms with Gasteiger partial charge in [0.05, 0.1) is 6.10 Å². The Morgan fingerprint density at radius 1 is 1.54 bits per heavy atom. The second kappa shape index (κ2) is 1.98. The molecule has 0 unspecified atom stereocenters. The Labute approximate surface area is 77.1 Å². The van der Waals surface area contributed by atoms with Crippen molar-refractivity contribution in [1.82, 2.24) is 0 Å². The van der Waals surface area contributed by atoms with E-state index in [2.05, 4.69) is 6.92 Å². The third kappa shape index (κ3) is 0.680. The van der Waals surface area contributed by atoms with Gasteiger partial charge < -0.3 is 9.84 Å². The first-order valence-corrected chi connectivity index (χ1v) is 4.99. The molecule has 3 nitrogen and oxygen atoms in total. The maximum Gasteiger partial charge on any atom is 0.164 e. The molecular formula is C10H14O3. The van der Waals surface area contributed by atoms with Crippen LogP contribution in [0.15, 0.2) is 0 Å². The zero-order valence-electron chi connectivity index (χ0n) is 7.75. The van der Waals surface area contributed by atoms with Crippen molar-refractivity contribution in [2.45, 2.75) is 50.4 Å². The molecule has 3 rings (SSSR count). The maximum atomic E-state index is 11.4. The van der Waals surface area contributed by atoms with Crippen molar-refractivity contribution in [3.8, 4) is 0 Å². The fourth-order valence-corrected chi connectivity index (χ4v) is 3.26. The van der Waals surface area contributed by atoms with E-state index in [1.165, 1.54) is 0 Å². The molecule has 0 radical (unpaired) electrons. The van der Waals surface area contributed by atoms with E-state index in [1.54, 1.807) is 0 Å². The standard InChI is InChI=1S/C10H14O3/c1-9-4-2-6(11)8-10(9,13-8)5-3-7(9)12/h7-8,12H,2-5H2,1H3/t7-,8-,9+,10-/m0/s1. The molecular weight excluding hydrogens is 168 g/mol. The van der Waals surface area contributed by atoms with E-state index in [0.717, 1.165) is 19.3 Å². The van der Waals surface area contributed by atoms with E-state index < -0.39 is 0 Å². The number of aliphatic hydroxyl groups is 1. The van der Waals surface area contributed by atoms with Gasteiger partial charge in [-0.15, -0.1) is 0 Å². The van der Waals surface area contributed by atoms with Gasteiger partial charge in [-0.25, -0.2) is 0 Å². The molecule has 3 aliphatic rings. The van der Waals surface area contributed by atoms with Crippen molar-refractivity contribution >= 4 is 5.78 Å². The number of rotatable bonds is 0. The zero-order valence-corrected chi connectivity index (χ0v) is 7.75. The predicted molar refractivity (Wildman–Crippen MR) is 45.2 cm³/mol. The van der Waals surface area contributed by atoms with Crippen molar-refractivity contribution in [3.05, 3.63) is 0 Å². The van der Waals surface area contributed by atoms with Crippen LogP contribution in [0.25, 0.3) is 0 Å². The molecule has 0 aromatic rings. The molecule has 0 bridgehead atoms. The summed E-state index contributed by atoms with van der Waals surface area (Å²) >= 11 is 0. The summed E-state index contributed by atoms with van der Waals surface area (Å²) in [6.45, 7) is 2.07. The maximum absolute atomic E-state index is 11.4. The normalized spacial score (nSPS) is 58.8. The summed E-state index contributed by atoms with van der Waals surface area (Å²) in [5.41, 5.74) is -0.409. The van der Waals surface area contributed by atoms with Gasteiger partial charge in [-0.3, -0.25) is 4.79 Å². The molecule has 1 aliphatic heterocycles. The van der Waals surface area contributed by atoms with E-state index in [0.29, 0.717) is 6.42 Å². The van der Waals surface area contributed by atoms with Gasteiger partial charge in [0, 0.05) is 11.8 Å². The lowest BCUT2D eigenvalue weighted by Crippen LogP contribution is -2.44. The summed E-state index contributed by atoms with van der Waals surface area (Å²) in [4.78, 5) is 11.4. The van der Waals surface area contributed by atoms with Crippen LogP contribution >= 0.6 is 0 Å². The van der Waals surface area contributed by atoms with Gasteiger partial charge in [-0.05, 0) is 19.3 Å². The monoisotopic (exact) mass is 182 g/mol. The number of hydrogen-bond acceptors (Lipinski definition) is 3. The molecule has 0 amide bonds. The minimum atomic E-state index is -0.273. The molecule has 1 N–H and O–H groups in total. The van der Waals surface area contributed by atoms with Gasteiger partial charge in [0.1, 0.15) is 11.7 Å². The highest BCUT2D eigenvalue weighted by molar-refractivity contribution is 5.88. The molecule has 0 aromatic carbocycles. The summed E-state index contributed by atoms with van der Waals surface area (Å²) in [5, 5.41) is 9.87. The molecule has 72 valence electrons. The fraction of sp³-hybridized carbons (Fsp3) is 0.900. The number of ketones is 1. The highest BCUT2D eigenvalue weighted by Crippen LogP contribution is 2.65. The highest BCUT2D eigenvalue weighted by Gasteiger charge is 2.75. The van der Waals surface area contributed by atoms with E-state index in [1.807, 2.05) is 0 Å². The number of ether oxygens (including phenoxy) is 1. The number of hydrogen-bond donors (Lipinski definition) is 1. The predicted octanol–water partition coefficient (Wildman–Crippen LogP) is 0.648. The van der Waals surface area contributed by atoms with Crippen molar-refractivity contribution in [1.29, 1.82) is 0 Å². The molecule has 1 spiro atoms. The largest absolute Gasteiger partial charge is 0.392 e. The zero-order chi connectivity index (χ0) is 9.27. The molecule has 0 aromatic heterocycles. The first kappa shape index (κ1) is 7.94. The van der Waals surface area contributed by atoms with Crippen LogP contribution in [0.4, 0.5) is 0 Å². The minimum absolute atomic E-state index is 0.147. The van der Waals surface area contributed by atoms with Gasteiger partial charge in [-0.2, -0.15) is 0 Å². The Hall–Kier alpha value is -0.410. The van der Waals surface area contributed by atoms with Crippen LogP contribution in [-0.2, 0) is 9.53 Å². The highest BCUT2D eigenvalue weighted by atomic mass is 16.6. The lowest BCUT2D eigenvalue weighted by Gasteiger charge is -2.35. The van der Waals surface area contributed by atoms with E-state index in [-0.39, 0.29) is 29.0 Å². The molecule has 13 heavy (non-hydrogen) atoms. The summed E-state index contributed by atoms with van der Waals surface area (Å²) in [6.07, 6.45) is 2.58. The van der Waals surface area contributed by atoms with E-state index in [4.69, 9.17) is 4.74 Å². The average molecular weight is 182 g/mol. The van der Waals surface area contributed by atoms with Crippen LogP contribution in [0.1, 0.15) is 32.6 Å². The number of Topliss-reactive ketones (excluding diaryl/α,β-unsaturated/α-hetero) is 1. The number of epoxide rings is 1. The van der Waals surface area contributed by atoms with E-state index >= 15 is 0 Å².